The minimum Gasteiger partial charge on any atom is -0.358 e. The fourth-order valence-electron chi connectivity index (χ4n) is 2.25. The molecule has 1 unspecified atom stereocenters. The number of alkyl halides is 3. The molecule has 18 heavy (non-hydrogen) atoms. The SMILES string of the molecule is CN(CC1CCCN1)c1ncccc1C(F)(F)F. The summed E-state index contributed by atoms with van der Waals surface area (Å²) in [6, 6.07) is 2.63. The number of nitrogens with zero attached hydrogens (tertiary/aromatic N) is 2. The van der Waals surface area contributed by atoms with Crippen molar-refractivity contribution in [2.75, 3.05) is 25.0 Å². The van der Waals surface area contributed by atoms with E-state index in [1.165, 1.54) is 12.3 Å². The average Bonchev–Trinajstić information content (AvgIpc) is 2.80. The Labute approximate surface area is 104 Å². The van der Waals surface area contributed by atoms with Crippen LogP contribution in [-0.2, 0) is 6.18 Å². The maximum atomic E-state index is 12.8. The highest BCUT2D eigenvalue weighted by atomic mass is 19.4. The lowest BCUT2D eigenvalue weighted by atomic mass is 10.2. The van der Waals surface area contributed by atoms with E-state index in [1.54, 1.807) is 11.9 Å². The predicted octanol–water partition coefficient (Wildman–Crippen LogP) is 2.29. The molecule has 1 aliphatic rings. The summed E-state index contributed by atoms with van der Waals surface area (Å²) in [5, 5.41) is 3.26. The number of nitrogens with one attached hydrogen (secondary N) is 1. The molecule has 1 saturated heterocycles. The molecular formula is C12H16F3N3. The summed E-state index contributed by atoms with van der Waals surface area (Å²) in [4.78, 5) is 5.44. The fourth-order valence-corrected chi connectivity index (χ4v) is 2.25. The van der Waals surface area contributed by atoms with Gasteiger partial charge in [-0.1, -0.05) is 0 Å². The smallest absolute Gasteiger partial charge is 0.358 e. The van der Waals surface area contributed by atoms with Gasteiger partial charge in [-0.3, -0.25) is 0 Å². The van der Waals surface area contributed by atoms with Crippen LogP contribution in [-0.4, -0.2) is 31.2 Å². The first-order valence-corrected chi connectivity index (χ1v) is 5.95. The molecule has 0 aliphatic carbocycles. The van der Waals surface area contributed by atoms with Crippen molar-refractivity contribution in [1.82, 2.24) is 10.3 Å². The molecule has 2 rings (SSSR count). The first-order valence-electron chi connectivity index (χ1n) is 5.95. The van der Waals surface area contributed by atoms with Gasteiger partial charge in [-0.15, -0.1) is 0 Å². The van der Waals surface area contributed by atoms with E-state index in [0.29, 0.717) is 6.54 Å². The van der Waals surface area contributed by atoms with E-state index in [2.05, 4.69) is 10.3 Å². The first-order chi connectivity index (χ1) is 8.48. The van der Waals surface area contributed by atoms with E-state index < -0.39 is 11.7 Å². The number of rotatable bonds is 3. The predicted molar refractivity (Wildman–Crippen MR) is 63.5 cm³/mol. The molecule has 0 radical (unpaired) electrons. The van der Waals surface area contributed by atoms with E-state index in [1.807, 2.05) is 0 Å². The van der Waals surface area contributed by atoms with Gasteiger partial charge in [0.15, 0.2) is 0 Å². The molecule has 0 bridgehead atoms. The second-order valence-electron chi connectivity index (χ2n) is 4.55. The number of anilines is 1. The number of halogens is 3. The van der Waals surface area contributed by atoms with Gasteiger partial charge in [0.05, 0.1) is 5.56 Å². The van der Waals surface area contributed by atoms with E-state index in [0.717, 1.165) is 25.5 Å². The summed E-state index contributed by atoms with van der Waals surface area (Å²) in [6.07, 6.45) is -0.893. The summed E-state index contributed by atoms with van der Waals surface area (Å²) in [6.45, 7) is 1.48. The van der Waals surface area contributed by atoms with Crippen molar-refractivity contribution in [3.05, 3.63) is 23.9 Å². The van der Waals surface area contributed by atoms with Crippen LogP contribution in [0.25, 0.3) is 0 Å². The second kappa shape index (κ2) is 5.14. The van der Waals surface area contributed by atoms with Crippen molar-refractivity contribution in [3.8, 4) is 0 Å². The lowest BCUT2D eigenvalue weighted by molar-refractivity contribution is -0.137. The molecule has 1 aromatic rings. The van der Waals surface area contributed by atoms with Crippen LogP contribution < -0.4 is 10.2 Å². The van der Waals surface area contributed by atoms with Crippen LogP contribution in [0.5, 0.6) is 0 Å². The lowest BCUT2D eigenvalue weighted by Crippen LogP contribution is -2.36. The molecule has 1 atom stereocenters. The number of aromatic nitrogens is 1. The molecule has 6 heteroatoms. The van der Waals surface area contributed by atoms with Gasteiger partial charge in [0.1, 0.15) is 5.82 Å². The third-order valence-corrected chi connectivity index (χ3v) is 3.11. The van der Waals surface area contributed by atoms with Gasteiger partial charge < -0.3 is 10.2 Å². The summed E-state index contributed by atoms with van der Waals surface area (Å²) in [7, 11) is 1.65. The second-order valence-corrected chi connectivity index (χ2v) is 4.55. The number of hydrogen-bond donors (Lipinski definition) is 1. The molecule has 1 aromatic heterocycles. The number of pyridine rings is 1. The molecule has 1 N–H and O–H groups in total. The Morgan fingerprint density at radius 3 is 2.89 bits per heavy atom. The van der Waals surface area contributed by atoms with E-state index in [4.69, 9.17) is 0 Å². The monoisotopic (exact) mass is 259 g/mol. The van der Waals surface area contributed by atoms with E-state index in [-0.39, 0.29) is 11.9 Å². The largest absolute Gasteiger partial charge is 0.419 e. The maximum absolute atomic E-state index is 12.8. The van der Waals surface area contributed by atoms with Crippen molar-refractivity contribution in [3.63, 3.8) is 0 Å². The van der Waals surface area contributed by atoms with Crippen LogP contribution in [0.3, 0.4) is 0 Å². The minimum atomic E-state index is -4.36. The zero-order valence-electron chi connectivity index (χ0n) is 10.2. The quantitative estimate of drug-likeness (QED) is 0.902. The van der Waals surface area contributed by atoms with Crippen molar-refractivity contribution < 1.29 is 13.2 Å². The molecule has 0 saturated carbocycles. The van der Waals surface area contributed by atoms with Gasteiger partial charge in [0.25, 0.3) is 0 Å². The zero-order valence-corrected chi connectivity index (χ0v) is 10.2. The summed E-state index contributed by atoms with van der Waals surface area (Å²) >= 11 is 0. The molecule has 0 spiro atoms. The Kier molecular flexibility index (Phi) is 3.75. The van der Waals surface area contributed by atoms with E-state index >= 15 is 0 Å². The Bertz CT molecular complexity index is 400. The highest BCUT2D eigenvalue weighted by Crippen LogP contribution is 2.34. The molecule has 2 heterocycles. The third kappa shape index (κ3) is 2.93. The number of likely N-dealkylation sites (N-methyl/N-ethyl adjacent to an activating group) is 1. The lowest BCUT2D eigenvalue weighted by Gasteiger charge is -2.25. The summed E-state index contributed by atoms with van der Waals surface area (Å²) in [5.74, 6) is -0.00120. The normalized spacial score (nSPS) is 20.1. The van der Waals surface area contributed by atoms with Gasteiger partial charge in [0, 0.05) is 25.8 Å². The molecular weight excluding hydrogens is 243 g/mol. The van der Waals surface area contributed by atoms with Crippen molar-refractivity contribution in [2.45, 2.75) is 25.1 Å². The Hall–Kier alpha value is -1.30. The van der Waals surface area contributed by atoms with Gasteiger partial charge in [0.2, 0.25) is 0 Å². The van der Waals surface area contributed by atoms with Crippen molar-refractivity contribution >= 4 is 5.82 Å². The van der Waals surface area contributed by atoms with Crippen molar-refractivity contribution in [1.29, 1.82) is 0 Å². The average molecular weight is 259 g/mol. The Morgan fingerprint density at radius 1 is 1.50 bits per heavy atom. The molecule has 3 nitrogen and oxygen atoms in total. The van der Waals surface area contributed by atoms with Crippen LogP contribution in [0.4, 0.5) is 19.0 Å². The molecule has 1 fully saturated rings. The number of hydrogen-bond acceptors (Lipinski definition) is 3. The highest BCUT2D eigenvalue weighted by Gasteiger charge is 2.35. The molecule has 100 valence electrons. The van der Waals surface area contributed by atoms with Gasteiger partial charge in [-0.25, -0.2) is 4.98 Å². The van der Waals surface area contributed by atoms with Crippen LogP contribution in [0.2, 0.25) is 0 Å². The van der Waals surface area contributed by atoms with Crippen LogP contribution in [0.1, 0.15) is 18.4 Å². The van der Waals surface area contributed by atoms with Gasteiger partial charge in [-0.2, -0.15) is 13.2 Å². The van der Waals surface area contributed by atoms with Crippen molar-refractivity contribution in [2.24, 2.45) is 0 Å². The maximum Gasteiger partial charge on any atom is 0.419 e. The molecule has 0 aromatic carbocycles. The zero-order chi connectivity index (χ0) is 13.2. The Balaban J connectivity index is 2.16. The molecule has 0 amide bonds. The Morgan fingerprint density at radius 2 is 2.28 bits per heavy atom. The van der Waals surface area contributed by atoms with Crippen LogP contribution in [0, 0.1) is 0 Å². The highest BCUT2D eigenvalue weighted by molar-refractivity contribution is 5.47. The third-order valence-electron chi connectivity index (χ3n) is 3.11. The minimum absolute atomic E-state index is 0.00120. The van der Waals surface area contributed by atoms with E-state index in [9.17, 15) is 13.2 Å². The summed E-state index contributed by atoms with van der Waals surface area (Å²) < 4.78 is 38.5. The van der Waals surface area contributed by atoms with Gasteiger partial charge >= 0.3 is 6.18 Å². The fraction of sp³-hybridized carbons (Fsp3) is 0.583. The topological polar surface area (TPSA) is 28.2 Å². The summed E-state index contributed by atoms with van der Waals surface area (Å²) in [5.41, 5.74) is -0.675. The first kappa shape index (κ1) is 13.1. The van der Waals surface area contributed by atoms with Crippen LogP contribution in [0.15, 0.2) is 18.3 Å². The molecule has 1 aliphatic heterocycles. The van der Waals surface area contributed by atoms with Crippen LogP contribution >= 0.6 is 0 Å². The van der Waals surface area contributed by atoms with Gasteiger partial charge in [-0.05, 0) is 31.5 Å². The standard InChI is InChI=1S/C12H16F3N3/c1-18(8-9-4-2-6-16-9)11-10(12(13,14)15)5-3-7-17-11/h3,5,7,9,16H,2,4,6,8H2,1H3.